The standard InChI is InChI=1S/C16H12BrClN2O3/c1-21-13-5-3-2-4-11(13)16-19-15(23-20-16)9-22-14-7-6-10(18)8-12(14)17/h2-8H,9H2,1H3. The van der Waals surface area contributed by atoms with E-state index in [1.807, 2.05) is 24.3 Å². The highest BCUT2D eigenvalue weighted by Crippen LogP contribution is 2.29. The normalized spacial score (nSPS) is 10.6. The van der Waals surface area contributed by atoms with Gasteiger partial charge in [-0.15, -0.1) is 0 Å². The maximum absolute atomic E-state index is 5.90. The molecule has 0 N–H and O–H groups in total. The zero-order valence-corrected chi connectivity index (χ0v) is 14.5. The summed E-state index contributed by atoms with van der Waals surface area (Å²) in [5, 5.41) is 4.59. The van der Waals surface area contributed by atoms with Gasteiger partial charge in [-0.25, -0.2) is 0 Å². The average molecular weight is 396 g/mol. The Morgan fingerprint density at radius 3 is 2.78 bits per heavy atom. The van der Waals surface area contributed by atoms with Gasteiger partial charge in [-0.05, 0) is 46.3 Å². The number of para-hydroxylation sites is 1. The molecule has 0 amide bonds. The molecule has 3 aromatic rings. The first-order valence-corrected chi connectivity index (χ1v) is 7.88. The molecule has 0 bridgehead atoms. The van der Waals surface area contributed by atoms with E-state index in [1.54, 1.807) is 25.3 Å². The first kappa shape index (κ1) is 15.8. The molecule has 0 spiro atoms. The monoisotopic (exact) mass is 394 g/mol. The van der Waals surface area contributed by atoms with E-state index in [0.717, 1.165) is 10.0 Å². The number of hydrogen-bond donors (Lipinski definition) is 0. The van der Waals surface area contributed by atoms with E-state index in [9.17, 15) is 0 Å². The highest BCUT2D eigenvalue weighted by molar-refractivity contribution is 9.10. The molecule has 0 saturated carbocycles. The number of methoxy groups -OCH3 is 1. The zero-order chi connectivity index (χ0) is 16.2. The molecule has 1 aromatic heterocycles. The summed E-state index contributed by atoms with van der Waals surface area (Å²) in [6.45, 7) is 0.155. The predicted octanol–water partition coefficient (Wildman–Crippen LogP) is 4.74. The van der Waals surface area contributed by atoms with Crippen molar-refractivity contribution in [1.82, 2.24) is 10.1 Å². The van der Waals surface area contributed by atoms with Gasteiger partial charge in [0.15, 0.2) is 6.61 Å². The SMILES string of the molecule is COc1ccccc1-c1noc(COc2ccc(Cl)cc2Br)n1. The molecule has 0 atom stereocenters. The quantitative estimate of drug-likeness (QED) is 0.624. The van der Waals surface area contributed by atoms with Crippen LogP contribution in [0.15, 0.2) is 51.5 Å². The molecule has 118 valence electrons. The second kappa shape index (κ2) is 7.02. The molecule has 1 heterocycles. The minimum atomic E-state index is 0.155. The second-order valence-electron chi connectivity index (χ2n) is 4.58. The molecule has 0 saturated heterocycles. The lowest BCUT2D eigenvalue weighted by molar-refractivity contribution is 0.242. The summed E-state index contributed by atoms with van der Waals surface area (Å²) >= 11 is 9.28. The van der Waals surface area contributed by atoms with Crippen molar-refractivity contribution in [3.05, 3.63) is 57.9 Å². The van der Waals surface area contributed by atoms with E-state index in [-0.39, 0.29) is 6.61 Å². The molecule has 23 heavy (non-hydrogen) atoms. The van der Waals surface area contributed by atoms with E-state index in [2.05, 4.69) is 26.1 Å². The largest absolute Gasteiger partial charge is 0.496 e. The van der Waals surface area contributed by atoms with Crippen LogP contribution in [-0.2, 0) is 6.61 Å². The summed E-state index contributed by atoms with van der Waals surface area (Å²) in [5.74, 6) is 2.15. The molecule has 7 heteroatoms. The molecule has 0 unspecified atom stereocenters. The van der Waals surface area contributed by atoms with Crippen LogP contribution < -0.4 is 9.47 Å². The van der Waals surface area contributed by atoms with Crippen LogP contribution in [0.3, 0.4) is 0 Å². The number of benzene rings is 2. The van der Waals surface area contributed by atoms with Gasteiger partial charge < -0.3 is 14.0 Å². The van der Waals surface area contributed by atoms with Crippen LogP contribution in [0.1, 0.15) is 5.89 Å². The minimum absolute atomic E-state index is 0.155. The van der Waals surface area contributed by atoms with Gasteiger partial charge in [0.2, 0.25) is 5.82 Å². The third-order valence-electron chi connectivity index (χ3n) is 3.06. The van der Waals surface area contributed by atoms with Crippen molar-refractivity contribution in [3.63, 3.8) is 0 Å². The predicted molar refractivity (Wildman–Crippen MR) is 89.8 cm³/mol. The second-order valence-corrected chi connectivity index (χ2v) is 5.87. The number of halogens is 2. The minimum Gasteiger partial charge on any atom is -0.496 e. The average Bonchev–Trinajstić information content (AvgIpc) is 3.03. The van der Waals surface area contributed by atoms with E-state index in [0.29, 0.717) is 28.2 Å². The fourth-order valence-electron chi connectivity index (χ4n) is 1.98. The molecular formula is C16H12BrClN2O3. The van der Waals surface area contributed by atoms with Crippen LogP contribution in [0, 0.1) is 0 Å². The van der Waals surface area contributed by atoms with Gasteiger partial charge in [-0.1, -0.05) is 28.9 Å². The molecular weight excluding hydrogens is 384 g/mol. The number of rotatable bonds is 5. The van der Waals surface area contributed by atoms with Gasteiger partial charge in [0.25, 0.3) is 5.89 Å². The van der Waals surface area contributed by atoms with Crippen molar-refractivity contribution in [2.45, 2.75) is 6.61 Å². The summed E-state index contributed by atoms with van der Waals surface area (Å²) in [5.41, 5.74) is 0.762. The third-order valence-corrected chi connectivity index (χ3v) is 3.92. The van der Waals surface area contributed by atoms with E-state index in [4.69, 9.17) is 25.6 Å². The Morgan fingerprint density at radius 1 is 1.17 bits per heavy atom. The zero-order valence-electron chi connectivity index (χ0n) is 12.1. The Morgan fingerprint density at radius 2 is 2.00 bits per heavy atom. The Labute approximate surface area is 146 Å². The summed E-state index contributed by atoms with van der Waals surface area (Å²) in [6.07, 6.45) is 0. The maximum Gasteiger partial charge on any atom is 0.264 e. The van der Waals surface area contributed by atoms with Gasteiger partial charge in [-0.3, -0.25) is 0 Å². The van der Waals surface area contributed by atoms with Crippen LogP contribution >= 0.6 is 27.5 Å². The molecule has 0 aliphatic rings. The Bertz CT molecular complexity index is 823. The lowest BCUT2D eigenvalue weighted by atomic mass is 10.2. The summed E-state index contributed by atoms with van der Waals surface area (Å²) < 4.78 is 16.9. The Balaban J connectivity index is 1.75. The number of nitrogens with zero attached hydrogens (tertiary/aromatic N) is 2. The molecule has 5 nitrogen and oxygen atoms in total. The lowest BCUT2D eigenvalue weighted by Crippen LogP contribution is -1.96. The highest BCUT2D eigenvalue weighted by atomic mass is 79.9. The van der Waals surface area contributed by atoms with Crippen LogP contribution in [-0.4, -0.2) is 17.3 Å². The van der Waals surface area contributed by atoms with Crippen molar-refractivity contribution in [2.75, 3.05) is 7.11 Å². The van der Waals surface area contributed by atoms with Gasteiger partial charge in [0.1, 0.15) is 11.5 Å². The molecule has 0 fully saturated rings. The fourth-order valence-corrected chi connectivity index (χ4v) is 2.78. The van der Waals surface area contributed by atoms with Crippen molar-refractivity contribution in [2.24, 2.45) is 0 Å². The van der Waals surface area contributed by atoms with E-state index in [1.165, 1.54) is 0 Å². The van der Waals surface area contributed by atoms with Crippen molar-refractivity contribution >= 4 is 27.5 Å². The molecule has 0 radical (unpaired) electrons. The molecule has 3 rings (SSSR count). The summed E-state index contributed by atoms with van der Waals surface area (Å²) in [7, 11) is 1.60. The molecule has 2 aromatic carbocycles. The fraction of sp³-hybridized carbons (Fsp3) is 0.125. The van der Waals surface area contributed by atoms with Crippen LogP contribution in [0.4, 0.5) is 0 Å². The summed E-state index contributed by atoms with van der Waals surface area (Å²) in [6, 6.07) is 12.7. The number of ether oxygens (including phenoxy) is 2. The lowest BCUT2D eigenvalue weighted by Gasteiger charge is -2.05. The Hall–Kier alpha value is -2.05. The van der Waals surface area contributed by atoms with Crippen molar-refractivity contribution < 1.29 is 14.0 Å². The number of aromatic nitrogens is 2. The van der Waals surface area contributed by atoms with Gasteiger partial charge in [0, 0.05) is 5.02 Å². The highest BCUT2D eigenvalue weighted by Gasteiger charge is 2.13. The summed E-state index contributed by atoms with van der Waals surface area (Å²) in [4.78, 5) is 4.33. The topological polar surface area (TPSA) is 57.4 Å². The molecule has 0 aliphatic heterocycles. The van der Waals surface area contributed by atoms with Gasteiger partial charge >= 0.3 is 0 Å². The van der Waals surface area contributed by atoms with E-state index >= 15 is 0 Å². The van der Waals surface area contributed by atoms with Gasteiger partial charge in [0.05, 0.1) is 17.1 Å². The van der Waals surface area contributed by atoms with Crippen LogP contribution in [0.2, 0.25) is 5.02 Å². The van der Waals surface area contributed by atoms with Gasteiger partial charge in [-0.2, -0.15) is 4.98 Å². The third kappa shape index (κ3) is 3.65. The smallest absolute Gasteiger partial charge is 0.264 e. The van der Waals surface area contributed by atoms with Crippen molar-refractivity contribution in [3.8, 4) is 22.9 Å². The first-order chi connectivity index (χ1) is 11.2. The van der Waals surface area contributed by atoms with Crippen molar-refractivity contribution in [1.29, 1.82) is 0 Å². The molecule has 0 aliphatic carbocycles. The van der Waals surface area contributed by atoms with E-state index < -0.39 is 0 Å². The Kier molecular flexibility index (Phi) is 4.83. The number of hydrogen-bond acceptors (Lipinski definition) is 5. The van der Waals surface area contributed by atoms with Crippen LogP contribution in [0.25, 0.3) is 11.4 Å². The van der Waals surface area contributed by atoms with Crippen LogP contribution in [0.5, 0.6) is 11.5 Å². The first-order valence-electron chi connectivity index (χ1n) is 6.71. The maximum atomic E-state index is 5.90.